The van der Waals surface area contributed by atoms with Crippen LogP contribution in [0.25, 0.3) is 22.2 Å². The Balaban J connectivity index is 1.53. The van der Waals surface area contributed by atoms with E-state index in [9.17, 15) is 9.18 Å². The zero-order valence-corrected chi connectivity index (χ0v) is 14.6. The van der Waals surface area contributed by atoms with Gasteiger partial charge in [0.05, 0.1) is 12.8 Å². The second-order valence-electron chi connectivity index (χ2n) is 5.64. The third-order valence-corrected chi connectivity index (χ3v) is 4.70. The first-order valence-corrected chi connectivity index (χ1v) is 8.70. The first kappa shape index (κ1) is 16.3. The summed E-state index contributed by atoms with van der Waals surface area (Å²) in [6, 6.07) is 13.5. The molecule has 130 valence electrons. The molecule has 0 aliphatic rings. The third-order valence-electron chi connectivity index (χ3n) is 3.94. The van der Waals surface area contributed by atoms with Gasteiger partial charge in [-0.3, -0.25) is 10.1 Å². The molecule has 0 radical (unpaired) electrons. The van der Waals surface area contributed by atoms with Crippen LogP contribution in [0.5, 0.6) is 5.75 Å². The van der Waals surface area contributed by atoms with Crippen LogP contribution in [0.4, 0.5) is 9.52 Å². The van der Waals surface area contributed by atoms with Crippen molar-refractivity contribution in [2.45, 2.75) is 0 Å². The summed E-state index contributed by atoms with van der Waals surface area (Å²) in [5.74, 6) is 0.109. The zero-order chi connectivity index (χ0) is 18.1. The maximum absolute atomic E-state index is 13.3. The van der Waals surface area contributed by atoms with E-state index in [-0.39, 0.29) is 11.7 Å². The Morgan fingerprint density at radius 2 is 2.00 bits per heavy atom. The summed E-state index contributed by atoms with van der Waals surface area (Å²) in [6.07, 6.45) is 0. The fourth-order valence-electron chi connectivity index (χ4n) is 2.62. The number of methoxy groups -OCH3 is 1. The molecule has 0 aliphatic carbocycles. The topological polar surface area (TPSA) is 67.0 Å². The molecule has 0 bridgehead atoms. The fourth-order valence-corrected chi connectivity index (χ4v) is 3.33. The van der Waals surface area contributed by atoms with E-state index in [0.717, 1.165) is 17.0 Å². The second-order valence-corrected chi connectivity index (χ2v) is 6.49. The number of ether oxygens (including phenoxy) is 1. The molecule has 2 heterocycles. The van der Waals surface area contributed by atoms with Crippen molar-refractivity contribution in [1.29, 1.82) is 0 Å². The molecule has 0 spiro atoms. The molecule has 0 fully saturated rings. The number of nitrogens with zero attached hydrogens (tertiary/aromatic N) is 1. The van der Waals surface area contributed by atoms with Gasteiger partial charge in [0.25, 0.3) is 5.91 Å². The number of H-pyrrole nitrogens is 1. The van der Waals surface area contributed by atoms with Gasteiger partial charge < -0.3 is 9.72 Å². The summed E-state index contributed by atoms with van der Waals surface area (Å²) >= 11 is 1.34. The molecule has 0 saturated heterocycles. The van der Waals surface area contributed by atoms with E-state index in [0.29, 0.717) is 21.7 Å². The van der Waals surface area contributed by atoms with E-state index in [1.54, 1.807) is 19.2 Å². The number of nitrogens with one attached hydrogen (secondary N) is 2. The maximum Gasteiger partial charge on any atom is 0.273 e. The van der Waals surface area contributed by atoms with Gasteiger partial charge in [-0.2, -0.15) is 0 Å². The summed E-state index contributed by atoms with van der Waals surface area (Å²) in [5.41, 5.74) is 2.76. The predicted molar refractivity (Wildman–Crippen MR) is 100 cm³/mol. The van der Waals surface area contributed by atoms with Gasteiger partial charge in [0, 0.05) is 21.8 Å². The second kappa shape index (κ2) is 6.61. The van der Waals surface area contributed by atoms with E-state index in [1.165, 1.54) is 23.5 Å². The van der Waals surface area contributed by atoms with Crippen LogP contribution in [0, 0.1) is 5.82 Å². The molecular formula is C19H14FN3O2S. The number of anilines is 1. The molecule has 4 aromatic rings. The van der Waals surface area contributed by atoms with Crippen LogP contribution in [-0.2, 0) is 0 Å². The highest BCUT2D eigenvalue weighted by molar-refractivity contribution is 7.14. The highest BCUT2D eigenvalue weighted by Gasteiger charge is 2.13. The van der Waals surface area contributed by atoms with Crippen molar-refractivity contribution in [3.63, 3.8) is 0 Å². The Bertz CT molecular complexity index is 1090. The molecule has 0 saturated carbocycles. The maximum atomic E-state index is 13.3. The molecule has 2 N–H and O–H groups in total. The number of halogens is 1. The minimum atomic E-state index is -0.340. The van der Waals surface area contributed by atoms with Crippen LogP contribution in [0.2, 0.25) is 0 Å². The van der Waals surface area contributed by atoms with Gasteiger partial charge in [0.15, 0.2) is 5.13 Å². The van der Waals surface area contributed by atoms with Crippen molar-refractivity contribution >= 4 is 33.3 Å². The Kier molecular flexibility index (Phi) is 4.14. The first-order valence-electron chi connectivity index (χ1n) is 7.82. The largest absolute Gasteiger partial charge is 0.497 e. The first-order chi connectivity index (χ1) is 12.6. The molecular weight excluding hydrogens is 353 g/mol. The lowest BCUT2D eigenvalue weighted by atomic mass is 10.2. The van der Waals surface area contributed by atoms with Crippen molar-refractivity contribution in [3.8, 4) is 17.0 Å². The number of thiazole rings is 1. The van der Waals surface area contributed by atoms with E-state index < -0.39 is 0 Å². The number of amides is 1. The van der Waals surface area contributed by atoms with Crippen molar-refractivity contribution in [2.24, 2.45) is 0 Å². The lowest BCUT2D eigenvalue weighted by Crippen LogP contribution is -2.11. The normalized spacial score (nSPS) is 10.8. The predicted octanol–water partition coefficient (Wildman–Crippen LogP) is 4.69. The smallest absolute Gasteiger partial charge is 0.273 e. The minimum absolute atomic E-state index is 0.322. The van der Waals surface area contributed by atoms with Gasteiger partial charge in [0.2, 0.25) is 0 Å². The molecule has 1 amide bonds. The summed E-state index contributed by atoms with van der Waals surface area (Å²) in [5, 5.41) is 5.78. The molecule has 26 heavy (non-hydrogen) atoms. The van der Waals surface area contributed by atoms with Crippen molar-refractivity contribution < 1.29 is 13.9 Å². The Morgan fingerprint density at radius 3 is 2.77 bits per heavy atom. The zero-order valence-electron chi connectivity index (χ0n) is 13.7. The molecule has 0 atom stereocenters. The van der Waals surface area contributed by atoms with Crippen LogP contribution in [0.15, 0.2) is 53.9 Å². The molecule has 0 unspecified atom stereocenters. The highest BCUT2D eigenvalue weighted by Crippen LogP contribution is 2.27. The van der Waals surface area contributed by atoms with E-state index in [4.69, 9.17) is 4.74 Å². The SMILES string of the molecule is COc1ccc(-c2csc(NC(=O)c3cc4cc(F)ccc4[nH]3)n2)cc1. The highest BCUT2D eigenvalue weighted by atomic mass is 32.1. The van der Waals surface area contributed by atoms with E-state index in [1.807, 2.05) is 29.6 Å². The quantitative estimate of drug-likeness (QED) is 0.550. The van der Waals surface area contributed by atoms with Crippen LogP contribution in [0.1, 0.15) is 10.5 Å². The number of rotatable bonds is 4. The Labute approximate surface area is 152 Å². The third kappa shape index (κ3) is 3.16. The number of carbonyl (C=O) groups is 1. The fraction of sp³-hybridized carbons (Fsp3) is 0.0526. The van der Waals surface area contributed by atoms with Crippen molar-refractivity contribution in [1.82, 2.24) is 9.97 Å². The molecule has 5 nitrogen and oxygen atoms in total. The van der Waals surface area contributed by atoms with E-state index in [2.05, 4.69) is 15.3 Å². The monoisotopic (exact) mass is 367 g/mol. The van der Waals surface area contributed by atoms with Crippen molar-refractivity contribution in [3.05, 3.63) is 65.4 Å². The Morgan fingerprint density at radius 1 is 1.19 bits per heavy atom. The van der Waals surface area contributed by atoms with Gasteiger partial charge in [0.1, 0.15) is 17.3 Å². The van der Waals surface area contributed by atoms with Gasteiger partial charge >= 0.3 is 0 Å². The standard InChI is InChI=1S/C19H14FN3O2S/c1-25-14-5-2-11(3-6-14)17-10-26-19(22-17)23-18(24)16-9-12-8-13(20)4-7-15(12)21-16/h2-10,21H,1H3,(H,22,23,24). The van der Waals surface area contributed by atoms with Gasteiger partial charge in [-0.05, 0) is 48.5 Å². The van der Waals surface area contributed by atoms with Crippen LogP contribution in [0.3, 0.4) is 0 Å². The lowest BCUT2D eigenvalue weighted by Gasteiger charge is -2.01. The molecule has 2 aromatic carbocycles. The number of benzene rings is 2. The molecule has 7 heteroatoms. The minimum Gasteiger partial charge on any atom is -0.497 e. The van der Waals surface area contributed by atoms with Crippen molar-refractivity contribution in [2.75, 3.05) is 12.4 Å². The van der Waals surface area contributed by atoms with Crippen LogP contribution in [-0.4, -0.2) is 23.0 Å². The van der Waals surface area contributed by atoms with E-state index >= 15 is 0 Å². The average Bonchev–Trinajstić information content (AvgIpc) is 3.28. The number of aromatic nitrogens is 2. The van der Waals surface area contributed by atoms with Crippen LogP contribution >= 0.6 is 11.3 Å². The number of carbonyl (C=O) groups excluding carboxylic acids is 1. The summed E-state index contributed by atoms with van der Waals surface area (Å²) < 4.78 is 18.4. The number of hydrogen-bond donors (Lipinski definition) is 2. The number of aromatic amines is 1. The lowest BCUT2D eigenvalue weighted by molar-refractivity contribution is 0.102. The molecule has 4 rings (SSSR count). The Hall–Kier alpha value is -3.19. The van der Waals surface area contributed by atoms with Gasteiger partial charge in [-0.25, -0.2) is 9.37 Å². The summed E-state index contributed by atoms with van der Waals surface area (Å²) in [4.78, 5) is 19.8. The summed E-state index contributed by atoms with van der Waals surface area (Å²) in [6.45, 7) is 0. The van der Waals surface area contributed by atoms with Gasteiger partial charge in [-0.1, -0.05) is 0 Å². The van der Waals surface area contributed by atoms with Crippen LogP contribution < -0.4 is 10.1 Å². The summed E-state index contributed by atoms with van der Waals surface area (Å²) in [7, 11) is 1.61. The average molecular weight is 367 g/mol. The molecule has 2 aromatic heterocycles. The number of hydrogen-bond acceptors (Lipinski definition) is 4. The molecule has 0 aliphatic heterocycles. The number of fused-ring (bicyclic) bond motifs is 1. The van der Waals surface area contributed by atoms with Gasteiger partial charge in [-0.15, -0.1) is 11.3 Å².